The quantitative estimate of drug-likeness (QED) is 0.654. The fourth-order valence-electron chi connectivity index (χ4n) is 2.54. The summed E-state index contributed by atoms with van der Waals surface area (Å²) in [5.74, 6) is -0.0388. The van der Waals surface area contributed by atoms with E-state index in [-0.39, 0.29) is 6.42 Å². The van der Waals surface area contributed by atoms with E-state index in [2.05, 4.69) is 20.8 Å². The van der Waals surface area contributed by atoms with Crippen LogP contribution in [0.1, 0.15) is 17.0 Å². The number of methoxy groups -OCH3 is 1. The first-order valence-corrected chi connectivity index (χ1v) is 8.01. The molecule has 0 atom stereocenters. The van der Waals surface area contributed by atoms with Gasteiger partial charge in [0.25, 0.3) is 0 Å². The van der Waals surface area contributed by atoms with Gasteiger partial charge in [-0.1, -0.05) is 23.2 Å². The lowest BCUT2D eigenvalue weighted by molar-refractivity contribution is -0.139. The Hall–Kier alpha value is -2.62. The van der Waals surface area contributed by atoms with Crippen LogP contribution in [0, 0.1) is 18.3 Å². The Balaban J connectivity index is 2.31. The number of hydrogen-bond acceptors (Lipinski definition) is 5. The highest BCUT2D eigenvalue weighted by Gasteiger charge is 2.19. The maximum absolute atomic E-state index is 11.5. The van der Waals surface area contributed by atoms with Crippen molar-refractivity contribution in [3.05, 3.63) is 51.4 Å². The van der Waals surface area contributed by atoms with Gasteiger partial charge in [-0.05, 0) is 25.1 Å². The third-order valence-corrected chi connectivity index (χ3v) is 4.24. The van der Waals surface area contributed by atoms with Crippen LogP contribution in [-0.4, -0.2) is 27.4 Å². The number of halogens is 2. The molecule has 0 radical (unpaired) electrons. The summed E-state index contributed by atoms with van der Waals surface area (Å²) in [6.45, 7) is 1.72. The van der Waals surface area contributed by atoms with E-state index in [0.29, 0.717) is 44.0 Å². The van der Waals surface area contributed by atoms with E-state index in [9.17, 15) is 10.1 Å². The van der Waals surface area contributed by atoms with Crippen LogP contribution in [0.5, 0.6) is 0 Å². The highest BCUT2D eigenvalue weighted by molar-refractivity contribution is 6.36. The maximum atomic E-state index is 11.5. The number of aromatic nitrogens is 3. The lowest BCUT2D eigenvalue weighted by Crippen LogP contribution is -2.04. The van der Waals surface area contributed by atoms with E-state index in [4.69, 9.17) is 23.2 Å². The zero-order chi connectivity index (χ0) is 18.1. The average molecular weight is 375 g/mol. The number of hydrogen-bond donors (Lipinski definition) is 0. The molecule has 0 N–H and O–H groups in total. The fourth-order valence-corrected chi connectivity index (χ4v) is 3.04. The first kappa shape index (κ1) is 17.2. The Morgan fingerprint density at radius 2 is 2.12 bits per heavy atom. The largest absolute Gasteiger partial charge is 0.469 e. The molecule has 2 aromatic heterocycles. The third-order valence-electron chi connectivity index (χ3n) is 3.70. The van der Waals surface area contributed by atoms with Gasteiger partial charge >= 0.3 is 5.97 Å². The summed E-state index contributed by atoms with van der Waals surface area (Å²) in [6.07, 6.45) is 1.66. The molecule has 3 aromatic rings. The Morgan fingerprint density at radius 1 is 1.36 bits per heavy atom. The van der Waals surface area contributed by atoms with Gasteiger partial charge in [-0.15, -0.1) is 0 Å². The molecule has 126 valence electrons. The third kappa shape index (κ3) is 3.16. The molecule has 8 heteroatoms. The van der Waals surface area contributed by atoms with Crippen LogP contribution < -0.4 is 0 Å². The van der Waals surface area contributed by atoms with Crippen LogP contribution in [0.2, 0.25) is 10.0 Å². The summed E-state index contributed by atoms with van der Waals surface area (Å²) in [7, 11) is 1.31. The minimum atomic E-state index is -0.410. The molecule has 3 rings (SSSR count). The number of nitriles is 1. The van der Waals surface area contributed by atoms with Gasteiger partial charge in [-0.2, -0.15) is 5.26 Å². The Kier molecular flexibility index (Phi) is 4.62. The fraction of sp³-hybridized carbons (Fsp3) is 0.176. The van der Waals surface area contributed by atoms with Crippen molar-refractivity contribution in [2.24, 2.45) is 0 Å². The smallest absolute Gasteiger partial charge is 0.311 e. The first-order valence-electron chi connectivity index (χ1n) is 7.25. The molecule has 0 aliphatic heterocycles. The number of fused-ring (bicyclic) bond motifs is 1. The second-order valence-corrected chi connectivity index (χ2v) is 6.16. The summed E-state index contributed by atoms with van der Waals surface area (Å²) in [4.78, 5) is 20.2. The predicted octanol–water partition coefficient (Wildman–Crippen LogP) is 3.60. The van der Waals surface area contributed by atoms with Crippen molar-refractivity contribution in [2.75, 3.05) is 7.11 Å². The molecule has 0 saturated heterocycles. The second-order valence-electron chi connectivity index (χ2n) is 5.31. The number of rotatable bonds is 3. The van der Waals surface area contributed by atoms with Crippen molar-refractivity contribution in [1.82, 2.24) is 14.4 Å². The van der Waals surface area contributed by atoms with Gasteiger partial charge in [-0.3, -0.25) is 9.20 Å². The maximum Gasteiger partial charge on any atom is 0.311 e. The van der Waals surface area contributed by atoms with Gasteiger partial charge in [0, 0.05) is 16.8 Å². The topological polar surface area (TPSA) is 80.3 Å². The van der Waals surface area contributed by atoms with Gasteiger partial charge in [-0.25, -0.2) is 9.97 Å². The van der Waals surface area contributed by atoms with Crippen LogP contribution in [0.25, 0.3) is 17.0 Å². The summed E-state index contributed by atoms with van der Waals surface area (Å²) in [5, 5.41) is 10.5. The summed E-state index contributed by atoms with van der Waals surface area (Å²) < 4.78 is 6.32. The van der Waals surface area contributed by atoms with Crippen LogP contribution in [0.3, 0.4) is 0 Å². The van der Waals surface area contributed by atoms with E-state index in [1.165, 1.54) is 7.11 Å². The van der Waals surface area contributed by atoms with Crippen LogP contribution in [0.15, 0.2) is 24.4 Å². The molecular formula is C17H12Cl2N4O2. The monoisotopic (exact) mass is 374 g/mol. The van der Waals surface area contributed by atoms with Crippen LogP contribution >= 0.6 is 23.2 Å². The molecular weight excluding hydrogens is 363 g/mol. The minimum Gasteiger partial charge on any atom is -0.469 e. The number of benzene rings is 1. The SMILES string of the molecule is COC(=O)Cc1cn2c(-c3ccc(Cl)cc3Cl)c(C#N)c(C)nc2n1. The first-order chi connectivity index (χ1) is 11.9. The molecule has 0 unspecified atom stereocenters. The molecule has 6 nitrogen and oxygen atoms in total. The highest BCUT2D eigenvalue weighted by Crippen LogP contribution is 2.33. The van der Waals surface area contributed by atoms with Crippen LogP contribution in [-0.2, 0) is 16.0 Å². The standard InChI is InChI=1S/C17H12Cl2N4O2/c1-9-13(7-20)16(12-4-3-10(18)5-14(12)19)23-8-11(6-15(24)25-2)22-17(23)21-9/h3-5,8H,6H2,1-2H3. The molecule has 0 aliphatic carbocycles. The molecule has 0 bridgehead atoms. The van der Waals surface area contributed by atoms with Crippen molar-refractivity contribution in [1.29, 1.82) is 5.26 Å². The number of carbonyl (C=O) groups excluding carboxylic acids is 1. The molecule has 1 aromatic carbocycles. The van der Waals surface area contributed by atoms with E-state index in [0.717, 1.165) is 0 Å². The zero-order valence-corrected chi connectivity index (χ0v) is 14.9. The number of nitrogens with zero attached hydrogens (tertiary/aromatic N) is 4. The summed E-state index contributed by atoms with van der Waals surface area (Å²) in [6, 6.07) is 7.20. The normalized spacial score (nSPS) is 10.7. The number of aryl methyl sites for hydroxylation is 1. The Labute approximate surface area is 153 Å². The van der Waals surface area contributed by atoms with E-state index >= 15 is 0 Å². The number of carbonyl (C=O) groups is 1. The van der Waals surface area contributed by atoms with Crippen molar-refractivity contribution in [3.8, 4) is 17.3 Å². The molecule has 0 spiro atoms. The van der Waals surface area contributed by atoms with E-state index < -0.39 is 5.97 Å². The van der Waals surface area contributed by atoms with Crippen molar-refractivity contribution in [2.45, 2.75) is 13.3 Å². The number of imidazole rings is 1. The number of esters is 1. The molecule has 25 heavy (non-hydrogen) atoms. The summed E-state index contributed by atoms with van der Waals surface area (Å²) in [5.41, 5.74) is 2.56. The second kappa shape index (κ2) is 6.71. The molecule has 0 aliphatic rings. The summed E-state index contributed by atoms with van der Waals surface area (Å²) >= 11 is 12.3. The van der Waals surface area contributed by atoms with Gasteiger partial charge in [0.1, 0.15) is 6.07 Å². The molecule has 0 fully saturated rings. The van der Waals surface area contributed by atoms with Gasteiger partial charge in [0.15, 0.2) is 0 Å². The molecule has 0 amide bonds. The Morgan fingerprint density at radius 3 is 2.76 bits per heavy atom. The molecule has 0 saturated carbocycles. The lowest BCUT2D eigenvalue weighted by Gasteiger charge is -2.11. The van der Waals surface area contributed by atoms with E-state index in [1.807, 2.05) is 0 Å². The van der Waals surface area contributed by atoms with Crippen molar-refractivity contribution in [3.63, 3.8) is 0 Å². The van der Waals surface area contributed by atoms with Crippen LogP contribution in [0.4, 0.5) is 0 Å². The lowest BCUT2D eigenvalue weighted by atomic mass is 10.1. The average Bonchev–Trinajstić information content (AvgIpc) is 2.95. The molecule has 2 heterocycles. The zero-order valence-electron chi connectivity index (χ0n) is 13.4. The van der Waals surface area contributed by atoms with Crippen molar-refractivity contribution >= 4 is 34.9 Å². The minimum absolute atomic E-state index is 0.00852. The van der Waals surface area contributed by atoms with Crippen molar-refractivity contribution < 1.29 is 9.53 Å². The highest BCUT2D eigenvalue weighted by atomic mass is 35.5. The van der Waals surface area contributed by atoms with E-state index in [1.54, 1.807) is 35.7 Å². The predicted molar refractivity (Wildman–Crippen MR) is 93.6 cm³/mol. The van der Waals surface area contributed by atoms with Gasteiger partial charge in [0.05, 0.1) is 41.2 Å². The Bertz CT molecular complexity index is 1040. The van der Waals surface area contributed by atoms with Gasteiger partial charge in [0.2, 0.25) is 5.78 Å². The van der Waals surface area contributed by atoms with Gasteiger partial charge < -0.3 is 4.74 Å². The number of ether oxygens (including phenoxy) is 1.